The summed E-state index contributed by atoms with van der Waals surface area (Å²) in [6.07, 6.45) is 15.1. The lowest BCUT2D eigenvalue weighted by Gasteiger charge is -2.32. The van der Waals surface area contributed by atoms with Gasteiger partial charge in [-0.3, -0.25) is 17.9 Å². The van der Waals surface area contributed by atoms with Gasteiger partial charge in [-0.1, -0.05) is 224 Å². The van der Waals surface area contributed by atoms with Crippen LogP contribution < -0.4 is 0 Å². The summed E-state index contributed by atoms with van der Waals surface area (Å²) in [5, 5.41) is 0. The number of rotatable bonds is 4. The van der Waals surface area contributed by atoms with Gasteiger partial charge in [0.05, 0.1) is 45.1 Å². The Kier molecular flexibility index (Phi) is 25.7. The van der Waals surface area contributed by atoms with E-state index in [1.807, 2.05) is 225 Å². The molecule has 0 saturated carbocycles. The smallest absolute Gasteiger partial charge is 0.418 e. The first-order valence-corrected chi connectivity index (χ1v) is 38.9. The zero-order valence-electron chi connectivity index (χ0n) is 62.2. The van der Waals surface area contributed by atoms with E-state index in [0.717, 1.165) is 112 Å². The molecule has 0 radical (unpaired) electrons. The van der Waals surface area contributed by atoms with E-state index in [2.05, 4.69) is 71.9 Å². The molecule has 0 amide bonds. The first kappa shape index (κ1) is 87.0. The van der Waals surface area contributed by atoms with Crippen molar-refractivity contribution in [2.75, 3.05) is 0 Å². The Balaban J connectivity index is 0.000000188. The number of benzene rings is 4. The van der Waals surface area contributed by atoms with E-state index < -0.39 is 63.0 Å². The molecule has 8 aliphatic rings. The molecule has 8 aliphatic heterocycles. The zero-order valence-corrected chi connectivity index (χ0v) is 69.0. The van der Waals surface area contributed by atoms with Crippen LogP contribution in [0, 0.1) is 38.5 Å². The fourth-order valence-corrected chi connectivity index (χ4v) is 15.0. The monoisotopic (exact) mass is 1720 g/mol. The fraction of sp³-hybridized carbons (Fsp3) is 0.241. The van der Waals surface area contributed by atoms with Crippen molar-refractivity contribution in [2.45, 2.75) is 107 Å². The van der Waals surface area contributed by atoms with Gasteiger partial charge in [0.25, 0.3) is 0 Å². The third-order valence-corrected chi connectivity index (χ3v) is 20.4. The van der Waals surface area contributed by atoms with Crippen LogP contribution in [-0.2, 0) is 10.8 Å². The van der Waals surface area contributed by atoms with Gasteiger partial charge >= 0.3 is 28.4 Å². The second-order valence-corrected chi connectivity index (χ2v) is 35.3. The number of H-pyrrole nitrogens is 4. The Morgan fingerprint density at radius 2 is 0.438 bits per heavy atom. The highest BCUT2D eigenvalue weighted by molar-refractivity contribution is 6.64. The van der Waals surface area contributed by atoms with Crippen LogP contribution in [0.2, 0.25) is 0 Å². The van der Waals surface area contributed by atoms with E-state index in [1.54, 1.807) is 0 Å². The van der Waals surface area contributed by atoms with Crippen molar-refractivity contribution in [3.05, 3.63) is 307 Å². The number of aromatic nitrogens is 4. The van der Waals surface area contributed by atoms with Crippen molar-refractivity contribution in [3.8, 4) is 0 Å². The number of aryl methyl sites for hydroxylation is 4. The van der Waals surface area contributed by atoms with Gasteiger partial charge in [0.1, 0.15) is 10.8 Å². The molecule has 4 aromatic carbocycles. The van der Waals surface area contributed by atoms with Crippen LogP contribution >= 0.6 is 104 Å². The first-order chi connectivity index (χ1) is 52.0. The predicted octanol–water partition coefficient (Wildman–Crippen LogP) is 25.1. The minimum atomic E-state index is -6.00. The van der Waals surface area contributed by atoms with Crippen molar-refractivity contribution in [3.63, 3.8) is 0 Å². The molecule has 16 rings (SSSR count). The van der Waals surface area contributed by atoms with Gasteiger partial charge in [0, 0.05) is 82.2 Å². The van der Waals surface area contributed by atoms with E-state index in [0.29, 0.717) is 45.6 Å². The molecule has 0 saturated heterocycles. The van der Waals surface area contributed by atoms with Crippen molar-refractivity contribution < 1.29 is 69.7 Å². The summed E-state index contributed by atoms with van der Waals surface area (Å²) in [7, 11) is -12.0. The van der Waals surface area contributed by atoms with Crippen molar-refractivity contribution in [2.24, 2.45) is 10.8 Å². The highest BCUT2D eigenvalue weighted by atomic mass is 35.6. The minimum Gasteiger partial charge on any atom is -0.418 e. The molecule has 8 aromatic rings. The van der Waals surface area contributed by atoms with Gasteiger partial charge in [0.15, 0.2) is 58.5 Å². The minimum absolute atomic E-state index is 0.412. The highest BCUT2D eigenvalue weighted by Crippen LogP contribution is 2.49. The number of nitrogens with one attached hydrogen (secondary N) is 4. The van der Waals surface area contributed by atoms with E-state index in [4.69, 9.17) is 104 Å². The number of alkyl halides is 9. The number of fused-ring (bicyclic) bond motifs is 8. The number of hydrogen-bond acceptors (Lipinski definition) is 0. The van der Waals surface area contributed by atoms with Gasteiger partial charge in [-0.2, -0.15) is 0 Å². The normalized spacial score (nSPS) is 21.0. The van der Waals surface area contributed by atoms with Crippen LogP contribution in [0.3, 0.4) is 0 Å². The Morgan fingerprint density at radius 1 is 0.277 bits per heavy atom. The third kappa shape index (κ3) is 18.3. The summed E-state index contributed by atoms with van der Waals surface area (Å²) in [4.78, 5) is 14.7. The Labute approximate surface area is 687 Å². The lowest BCUT2D eigenvalue weighted by molar-refractivity contribution is -0.519. The maximum absolute atomic E-state index is 17.6. The SMILES string of the molecule is Cc1ccc(/C2=C3/C=CC4=[N+]3[B-](F)(F)[N+]3=C(C=C/C3=C(/c3ccc(C)cc3)c3ccc([nH]3)C(C)(C)c3ccc2[nH]3)C4(C)C)cc1.Cc1ccc(/C2=C3\C=CC4=[N+]3[B-](F)(F)[N+]3=C(C=C/C3=C(/c3ccc(C)cc3)c3ccc([nH]3)C(C)(C)c3ccc2[nH]3)C4(C)C)cc1.ClC(Cl)Cl.ClC(Cl)Cl.ClC(Cl)Cl.F[B-](F)(F)F.F[B-](F)(F)F. The lowest BCUT2D eigenvalue weighted by Crippen LogP contribution is -2.60. The van der Waals surface area contributed by atoms with Gasteiger partial charge in [0.2, 0.25) is 0 Å². The molecule has 12 bridgehead atoms. The molecule has 4 aromatic heterocycles. The third-order valence-electron chi connectivity index (χ3n) is 20.4. The van der Waals surface area contributed by atoms with Crippen LogP contribution in [0.4, 0.5) is 51.8 Å². The first-order valence-electron chi connectivity index (χ1n) is 35.0. The molecular weight excluding hydrogens is 1650 g/mol. The van der Waals surface area contributed by atoms with Gasteiger partial charge in [-0.15, -0.1) is 0 Å². The molecule has 112 heavy (non-hydrogen) atoms. The Bertz CT molecular complexity index is 4690. The Hall–Kier alpha value is -7.37. The van der Waals surface area contributed by atoms with Crippen LogP contribution in [0.1, 0.15) is 145 Å². The molecule has 0 fully saturated rings. The summed E-state index contributed by atoms with van der Waals surface area (Å²) in [5.41, 5.74) is 20.4. The standard InChI is InChI=1S/2C38H36BF2N4.3CHCl3.2BF4/c2*1-23-7-11-25(12-8-23)35-27-15-19-31(42-27)37(3,4)32-20-16-28(43-32)36(26-13-9-24(2)10-14-26)30-18-22-34-38(5,6)33-21-17-29(35)44(33)39(40,41)45(30)34;3*2-1(3)4;2*2-1(3,4)5/h2*7-22,42-43H,1-6H3;3*1H;;/q2*+1;;;;2*-1/b35-29+,36-30+;35-29-,36-30+;;;;;. The summed E-state index contributed by atoms with van der Waals surface area (Å²) in [5.74, 6) is 0. The molecule has 0 spiro atoms. The van der Waals surface area contributed by atoms with Crippen LogP contribution in [0.5, 0.6) is 0 Å². The quantitative estimate of drug-likeness (QED) is 0.0770. The van der Waals surface area contributed by atoms with Crippen molar-refractivity contribution in [1.82, 2.24) is 19.9 Å². The summed E-state index contributed by atoms with van der Waals surface area (Å²) in [6.45, 7) is 16.5. The van der Waals surface area contributed by atoms with Crippen molar-refractivity contribution in [1.29, 1.82) is 0 Å². The lowest BCUT2D eigenvalue weighted by atomic mass is 9.75. The van der Waals surface area contributed by atoms with E-state index >= 15 is 17.3 Å². The zero-order chi connectivity index (χ0) is 82.7. The maximum Gasteiger partial charge on any atom is 0.924 e. The van der Waals surface area contributed by atoms with Gasteiger partial charge in [-0.25, -0.2) is 0 Å². The fourth-order valence-electron chi connectivity index (χ4n) is 15.0. The molecule has 8 nitrogen and oxygen atoms in total. The Morgan fingerprint density at radius 3 is 0.598 bits per heavy atom. The molecular formula is C79H75B4Cl9F12N8. The number of allylic oxidation sites excluding steroid dienone is 8. The van der Waals surface area contributed by atoms with Crippen LogP contribution in [0.25, 0.3) is 22.3 Å². The average molecular weight is 1730 g/mol. The molecule has 33 heteroatoms. The highest BCUT2D eigenvalue weighted by Gasteiger charge is 2.71. The van der Waals surface area contributed by atoms with E-state index in [-0.39, 0.29) is 0 Å². The van der Waals surface area contributed by atoms with Crippen LogP contribution in [0.15, 0.2) is 217 Å². The van der Waals surface area contributed by atoms with E-state index in [1.165, 1.54) is 17.9 Å². The second kappa shape index (κ2) is 33.1. The summed E-state index contributed by atoms with van der Waals surface area (Å²) < 4.78 is 152. The van der Waals surface area contributed by atoms with Crippen molar-refractivity contribution >= 4 is 178 Å². The summed E-state index contributed by atoms with van der Waals surface area (Å²) in [6, 6.07) is 49.1. The molecule has 0 atom stereocenters. The molecule has 590 valence electrons. The van der Waals surface area contributed by atoms with Gasteiger partial charge in [-0.05, 0) is 154 Å². The maximum atomic E-state index is 17.6. The largest absolute Gasteiger partial charge is 0.924 e. The average Bonchev–Trinajstić information content (AvgIpc) is 1.52. The molecule has 0 unspecified atom stereocenters. The molecule has 12 heterocycles. The summed E-state index contributed by atoms with van der Waals surface area (Å²) >= 11 is 43.3. The number of aromatic amines is 4. The van der Waals surface area contributed by atoms with E-state index in [9.17, 15) is 34.5 Å². The van der Waals surface area contributed by atoms with Crippen LogP contribution in [-0.4, -0.2) is 102 Å². The number of nitrogens with zero attached hydrogens (tertiary/aromatic N) is 4. The molecule has 0 aliphatic carbocycles. The number of hydrogen-bond donors (Lipinski definition) is 4. The topological polar surface area (TPSA) is 75.2 Å². The van der Waals surface area contributed by atoms with Gasteiger partial charge < -0.3 is 71.7 Å². The molecule has 4 N–H and O–H groups in total. The second-order valence-electron chi connectivity index (χ2n) is 29.4. The predicted molar refractivity (Wildman–Crippen MR) is 442 cm³/mol. The number of halogens is 21.